The maximum Gasteiger partial charge on any atom is 0.223 e. The molecule has 1 rings (SSSR count). The predicted octanol–water partition coefficient (Wildman–Crippen LogP) is 0.468. The smallest absolute Gasteiger partial charge is 0.223 e. The average molecular weight is 156 g/mol. The zero-order valence-corrected chi connectivity index (χ0v) is 7.18. The van der Waals surface area contributed by atoms with Crippen LogP contribution in [0.5, 0.6) is 0 Å². The first-order chi connectivity index (χ1) is 5.20. The predicted molar refractivity (Wildman–Crippen MR) is 44.0 cm³/mol. The number of hydrogen-bond donors (Lipinski definition) is 2. The topological polar surface area (TPSA) is 41.1 Å². The summed E-state index contributed by atoms with van der Waals surface area (Å²) < 4.78 is 0. The van der Waals surface area contributed by atoms with Gasteiger partial charge in [0.1, 0.15) is 0 Å². The second-order valence-electron chi connectivity index (χ2n) is 3.31. The molecule has 0 aromatic rings. The van der Waals surface area contributed by atoms with E-state index >= 15 is 0 Å². The summed E-state index contributed by atoms with van der Waals surface area (Å²) in [7, 11) is 0. The largest absolute Gasteiger partial charge is 0.341 e. The molecule has 1 atom stereocenters. The molecule has 0 saturated carbocycles. The monoisotopic (exact) mass is 156 g/mol. The Balaban J connectivity index is 2.24. The molecule has 0 bridgehead atoms. The lowest BCUT2D eigenvalue weighted by Gasteiger charge is -2.13. The summed E-state index contributed by atoms with van der Waals surface area (Å²) in [6.45, 7) is 4.84. The Labute approximate surface area is 67.5 Å². The molecule has 1 unspecified atom stereocenters. The van der Waals surface area contributed by atoms with E-state index < -0.39 is 0 Å². The van der Waals surface area contributed by atoms with Gasteiger partial charge in [0, 0.05) is 5.92 Å². The third-order valence-corrected chi connectivity index (χ3v) is 1.90. The van der Waals surface area contributed by atoms with Crippen LogP contribution in [0.2, 0.25) is 0 Å². The Morgan fingerprint density at radius 2 is 2.36 bits per heavy atom. The molecule has 1 heterocycles. The molecule has 11 heavy (non-hydrogen) atoms. The van der Waals surface area contributed by atoms with Gasteiger partial charge >= 0.3 is 0 Å². The standard InChI is InChI=1S/C8H16N2O/c1-6(2)8(11)10-7-4-3-5-9-7/h6-7,9H,3-5H2,1-2H3,(H,10,11). The van der Waals surface area contributed by atoms with Crippen molar-refractivity contribution in [3.05, 3.63) is 0 Å². The Hall–Kier alpha value is -0.570. The molecule has 3 nitrogen and oxygen atoms in total. The van der Waals surface area contributed by atoms with Crippen molar-refractivity contribution >= 4 is 5.91 Å². The van der Waals surface area contributed by atoms with Crippen LogP contribution in [0, 0.1) is 5.92 Å². The van der Waals surface area contributed by atoms with E-state index in [2.05, 4.69) is 10.6 Å². The van der Waals surface area contributed by atoms with Crippen molar-refractivity contribution in [3.63, 3.8) is 0 Å². The average Bonchev–Trinajstić information content (AvgIpc) is 2.39. The zero-order chi connectivity index (χ0) is 8.27. The number of amides is 1. The summed E-state index contributed by atoms with van der Waals surface area (Å²) in [6.07, 6.45) is 2.46. The fraction of sp³-hybridized carbons (Fsp3) is 0.875. The van der Waals surface area contributed by atoms with Gasteiger partial charge < -0.3 is 5.32 Å². The molecule has 0 aromatic carbocycles. The van der Waals surface area contributed by atoms with E-state index in [4.69, 9.17) is 0 Å². The van der Waals surface area contributed by atoms with Crippen molar-refractivity contribution in [1.29, 1.82) is 0 Å². The molecule has 0 aliphatic carbocycles. The molecule has 1 saturated heterocycles. The minimum atomic E-state index is 0.0948. The maximum absolute atomic E-state index is 11.1. The first kappa shape index (κ1) is 8.53. The van der Waals surface area contributed by atoms with E-state index in [0.717, 1.165) is 13.0 Å². The summed E-state index contributed by atoms with van der Waals surface area (Å²) >= 11 is 0. The first-order valence-electron chi connectivity index (χ1n) is 4.24. The van der Waals surface area contributed by atoms with E-state index in [1.54, 1.807) is 0 Å². The van der Waals surface area contributed by atoms with Crippen molar-refractivity contribution in [2.45, 2.75) is 32.9 Å². The van der Waals surface area contributed by atoms with Crippen molar-refractivity contribution < 1.29 is 4.79 Å². The Bertz CT molecular complexity index is 139. The molecule has 3 heteroatoms. The molecule has 2 N–H and O–H groups in total. The van der Waals surface area contributed by atoms with Crippen molar-refractivity contribution in [2.75, 3.05) is 6.54 Å². The number of rotatable bonds is 2. The molecule has 1 aliphatic rings. The molecule has 64 valence electrons. The highest BCUT2D eigenvalue weighted by atomic mass is 16.2. The highest BCUT2D eigenvalue weighted by Crippen LogP contribution is 2.02. The van der Waals surface area contributed by atoms with Crippen molar-refractivity contribution in [1.82, 2.24) is 10.6 Å². The van der Waals surface area contributed by atoms with Crippen LogP contribution >= 0.6 is 0 Å². The van der Waals surface area contributed by atoms with E-state index in [1.807, 2.05) is 13.8 Å². The SMILES string of the molecule is CC(C)C(=O)NC1CCCN1. The number of nitrogens with one attached hydrogen (secondary N) is 2. The minimum absolute atomic E-state index is 0.0948. The fourth-order valence-electron chi connectivity index (χ4n) is 1.15. The third kappa shape index (κ3) is 2.50. The van der Waals surface area contributed by atoms with Crippen LogP contribution in [0.15, 0.2) is 0 Å². The summed E-state index contributed by atoms with van der Waals surface area (Å²) in [5.74, 6) is 0.238. The Morgan fingerprint density at radius 3 is 2.82 bits per heavy atom. The molecular formula is C8H16N2O. The lowest BCUT2D eigenvalue weighted by atomic mass is 10.2. The van der Waals surface area contributed by atoms with Gasteiger partial charge in [-0.1, -0.05) is 13.8 Å². The van der Waals surface area contributed by atoms with Crippen LogP contribution in [0.1, 0.15) is 26.7 Å². The molecule has 0 radical (unpaired) electrons. The molecule has 1 aliphatic heterocycles. The van der Waals surface area contributed by atoms with Crippen molar-refractivity contribution in [3.8, 4) is 0 Å². The Morgan fingerprint density at radius 1 is 1.64 bits per heavy atom. The van der Waals surface area contributed by atoms with Gasteiger partial charge in [-0.2, -0.15) is 0 Å². The van der Waals surface area contributed by atoms with Crippen LogP contribution in [0.25, 0.3) is 0 Å². The van der Waals surface area contributed by atoms with Crippen LogP contribution < -0.4 is 10.6 Å². The lowest BCUT2D eigenvalue weighted by molar-refractivity contribution is -0.124. The van der Waals surface area contributed by atoms with Gasteiger partial charge in [-0.05, 0) is 19.4 Å². The van der Waals surface area contributed by atoms with Gasteiger partial charge in [0.2, 0.25) is 5.91 Å². The quantitative estimate of drug-likeness (QED) is 0.610. The number of hydrogen-bond acceptors (Lipinski definition) is 2. The lowest BCUT2D eigenvalue weighted by Crippen LogP contribution is -2.43. The van der Waals surface area contributed by atoms with Crippen molar-refractivity contribution in [2.24, 2.45) is 5.92 Å². The maximum atomic E-state index is 11.1. The van der Waals surface area contributed by atoms with Crippen LogP contribution in [0.4, 0.5) is 0 Å². The van der Waals surface area contributed by atoms with Gasteiger partial charge in [-0.3, -0.25) is 10.1 Å². The molecule has 1 fully saturated rings. The minimum Gasteiger partial charge on any atom is -0.341 e. The van der Waals surface area contributed by atoms with E-state index in [0.29, 0.717) is 0 Å². The number of carbonyl (C=O) groups excluding carboxylic acids is 1. The highest BCUT2D eigenvalue weighted by molar-refractivity contribution is 5.78. The molecule has 1 amide bonds. The van der Waals surface area contributed by atoms with Gasteiger partial charge in [0.25, 0.3) is 0 Å². The second-order valence-corrected chi connectivity index (χ2v) is 3.31. The van der Waals surface area contributed by atoms with Gasteiger partial charge in [-0.25, -0.2) is 0 Å². The van der Waals surface area contributed by atoms with Crippen LogP contribution in [0.3, 0.4) is 0 Å². The molecule has 0 spiro atoms. The van der Waals surface area contributed by atoms with E-state index in [9.17, 15) is 4.79 Å². The van der Waals surface area contributed by atoms with Gasteiger partial charge in [-0.15, -0.1) is 0 Å². The summed E-state index contributed by atoms with van der Waals surface area (Å²) in [5.41, 5.74) is 0. The van der Waals surface area contributed by atoms with Crippen LogP contribution in [-0.2, 0) is 4.79 Å². The summed E-state index contributed by atoms with van der Waals surface area (Å²) in [5, 5.41) is 6.14. The first-order valence-corrected chi connectivity index (χ1v) is 4.24. The zero-order valence-electron chi connectivity index (χ0n) is 7.18. The van der Waals surface area contributed by atoms with Gasteiger partial charge in [0.15, 0.2) is 0 Å². The second kappa shape index (κ2) is 3.72. The number of carbonyl (C=O) groups is 1. The Kier molecular flexibility index (Phi) is 2.88. The van der Waals surface area contributed by atoms with Gasteiger partial charge in [0.05, 0.1) is 6.17 Å². The fourth-order valence-corrected chi connectivity index (χ4v) is 1.15. The molecule has 0 aromatic heterocycles. The normalized spacial score (nSPS) is 24.1. The van der Waals surface area contributed by atoms with Crippen LogP contribution in [-0.4, -0.2) is 18.6 Å². The third-order valence-electron chi connectivity index (χ3n) is 1.90. The highest BCUT2D eigenvalue weighted by Gasteiger charge is 2.17. The summed E-state index contributed by atoms with van der Waals surface area (Å²) in [6, 6.07) is 0. The van der Waals surface area contributed by atoms with E-state index in [-0.39, 0.29) is 18.0 Å². The van der Waals surface area contributed by atoms with E-state index in [1.165, 1.54) is 6.42 Å². The summed E-state index contributed by atoms with van der Waals surface area (Å²) in [4.78, 5) is 11.1. The molecular weight excluding hydrogens is 140 g/mol.